The fraction of sp³-hybridized carbons (Fsp3) is 0.120. The van der Waals surface area contributed by atoms with Crippen LogP contribution in [0.25, 0.3) is 6.08 Å². The maximum atomic E-state index is 12.6. The minimum Gasteiger partial charge on any atom is -0.492 e. The van der Waals surface area contributed by atoms with Gasteiger partial charge in [-0.05, 0) is 99.0 Å². The molecular weight excluding hydrogens is 583 g/mol. The van der Waals surface area contributed by atoms with Crippen molar-refractivity contribution in [2.75, 3.05) is 11.9 Å². The molecule has 0 saturated carbocycles. The smallest absolute Gasteiger partial charge is 0.266 e. The van der Waals surface area contributed by atoms with E-state index in [0.29, 0.717) is 24.7 Å². The number of hydrogen-bond donors (Lipinski definition) is 1. The van der Waals surface area contributed by atoms with Gasteiger partial charge < -0.3 is 14.8 Å². The van der Waals surface area contributed by atoms with E-state index in [1.54, 1.807) is 30.3 Å². The summed E-state index contributed by atoms with van der Waals surface area (Å²) in [7, 11) is 0. The van der Waals surface area contributed by atoms with Crippen LogP contribution in [-0.4, -0.2) is 12.5 Å². The summed E-state index contributed by atoms with van der Waals surface area (Å²) >= 11 is 5.65. The molecule has 5 nitrogen and oxygen atoms in total. The molecule has 162 valence electrons. The summed E-state index contributed by atoms with van der Waals surface area (Å²) in [5.41, 5.74) is 2.37. The zero-order valence-corrected chi connectivity index (χ0v) is 21.0. The Hall–Kier alpha value is -2.83. The van der Waals surface area contributed by atoms with Crippen LogP contribution in [0.5, 0.6) is 11.5 Å². The number of carbonyl (C=O) groups excluding carboxylic acids is 1. The Kier molecular flexibility index (Phi) is 8.71. The van der Waals surface area contributed by atoms with E-state index < -0.39 is 5.91 Å². The lowest BCUT2D eigenvalue weighted by atomic mass is 10.1. The van der Waals surface area contributed by atoms with Crippen molar-refractivity contribution in [2.24, 2.45) is 0 Å². The fourth-order valence-electron chi connectivity index (χ4n) is 2.83. The molecule has 0 heterocycles. The fourth-order valence-corrected chi connectivity index (χ4v) is 4.60. The van der Waals surface area contributed by atoms with Crippen LogP contribution < -0.4 is 14.8 Å². The molecule has 0 aliphatic rings. The number of anilines is 1. The van der Waals surface area contributed by atoms with E-state index in [1.165, 1.54) is 0 Å². The largest absolute Gasteiger partial charge is 0.492 e. The van der Waals surface area contributed by atoms with Crippen molar-refractivity contribution in [3.8, 4) is 17.6 Å². The van der Waals surface area contributed by atoms with E-state index >= 15 is 0 Å². The summed E-state index contributed by atoms with van der Waals surface area (Å²) < 4.78 is 13.0. The van der Waals surface area contributed by atoms with Crippen molar-refractivity contribution in [3.05, 3.63) is 91.5 Å². The molecule has 3 aromatic rings. The van der Waals surface area contributed by atoms with Gasteiger partial charge in [-0.2, -0.15) is 5.26 Å². The third-order valence-corrected chi connectivity index (χ3v) is 5.74. The van der Waals surface area contributed by atoms with Gasteiger partial charge in [-0.3, -0.25) is 4.79 Å². The monoisotopic (exact) mass is 602 g/mol. The Morgan fingerprint density at radius 1 is 1.12 bits per heavy atom. The lowest BCUT2D eigenvalue weighted by molar-refractivity contribution is -0.112. The minimum atomic E-state index is -0.481. The van der Waals surface area contributed by atoms with Crippen LogP contribution in [0.4, 0.5) is 5.69 Å². The highest BCUT2D eigenvalue weighted by molar-refractivity contribution is 14.1. The first-order valence-corrected chi connectivity index (χ1v) is 11.7. The van der Waals surface area contributed by atoms with Crippen molar-refractivity contribution in [1.82, 2.24) is 0 Å². The van der Waals surface area contributed by atoms with Crippen molar-refractivity contribution >= 4 is 56.2 Å². The second-order valence-corrected chi connectivity index (χ2v) is 8.69. The van der Waals surface area contributed by atoms with E-state index in [0.717, 1.165) is 24.9 Å². The molecule has 1 N–H and O–H groups in total. The van der Waals surface area contributed by atoms with Gasteiger partial charge in [-0.25, -0.2) is 0 Å². The zero-order valence-electron chi connectivity index (χ0n) is 17.3. The molecule has 1 amide bonds. The summed E-state index contributed by atoms with van der Waals surface area (Å²) in [4.78, 5) is 12.6. The highest BCUT2D eigenvalue weighted by Crippen LogP contribution is 2.32. The highest BCUT2D eigenvalue weighted by atomic mass is 127. The number of nitrogens with one attached hydrogen (secondary N) is 1. The van der Waals surface area contributed by atoms with Crippen LogP contribution in [0.1, 0.15) is 18.1 Å². The van der Waals surface area contributed by atoms with E-state index in [-0.39, 0.29) is 5.57 Å². The van der Waals surface area contributed by atoms with Crippen molar-refractivity contribution < 1.29 is 14.3 Å². The summed E-state index contributed by atoms with van der Waals surface area (Å²) in [6.07, 6.45) is 1.55. The van der Waals surface area contributed by atoms with Gasteiger partial charge in [0.1, 0.15) is 29.7 Å². The normalized spacial score (nSPS) is 10.9. The first-order valence-electron chi connectivity index (χ1n) is 9.82. The minimum absolute atomic E-state index is 0.00117. The van der Waals surface area contributed by atoms with Gasteiger partial charge >= 0.3 is 0 Å². The van der Waals surface area contributed by atoms with Crippen molar-refractivity contribution in [2.45, 2.75) is 13.5 Å². The second-order valence-electron chi connectivity index (χ2n) is 6.67. The van der Waals surface area contributed by atoms with Crippen molar-refractivity contribution in [3.63, 3.8) is 0 Å². The lowest BCUT2D eigenvalue weighted by Crippen LogP contribution is -2.13. The lowest BCUT2D eigenvalue weighted by Gasteiger charge is -2.10. The van der Waals surface area contributed by atoms with Gasteiger partial charge in [0, 0.05) is 5.69 Å². The molecule has 0 aromatic heterocycles. The first kappa shape index (κ1) is 23.8. The van der Waals surface area contributed by atoms with Crippen LogP contribution in [0.2, 0.25) is 0 Å². The Morgan fingerprint density at radius 2 is 1.84 bits per heavy atom. The number of nitrogens with zero attached hydrogens (tertiary/aromatic N) is 1. The molecule has 7 heteroatoms. The maximum absolute atomic E-state index is 12.6. The number of benzene rings is 3. The molecule has 0 fully saturated rings. The Bertz CT molecular complexity index is 1130. The van der Waals surface area contributed by atoms with Gasteiger partial charge in [-0.1, -0.05) is 30.3 Å². The molecule has 0 radical (unpaired) electrons. The molecule has 0 atom stereocenters. The zero-order chi connectivity index (χ0) is 22.9. The molecule has 0 bridgehead atoms. The van der Waals surface area contributed by atoms with Gasteiger partial charge in [0.2, 0.25) is 0 Å². The molecule has 32 heavy (non-hydrogen) atoms. The maximum Gasteiger partial charge on any atom is 0.266 e. The summed E-state index contributed by atoms with van der Waals surface area (Å²) in [6, 6.07) is 22.6. The summed E-state index contributed by atoms with van der Waals surface area (Å²) in [6.45, 7) is 2.92. The molecule has 0 aliphatic carbocycles. The van der Waals surface area contributed by atoms with Gasteiger partial charge in [0.15, 0.2) is 0 Å². The molecule has 0 saturated heterocycles. The molecular formula is C25H20BrIN2O3. The highest BCUT2D eigenvalue weighted by Gasteiger charge is 2.12. The van der Waals surface area contributed by atoms with Crippen LogP contribution in [0.3, 0.4) is 0 Å². The van der Waals surface area contributed by atoms with Crippen LogP contribution in [0, 0.1) is 14.9 Å². The third kappa shape index (κ3) is 6.58. The Balaban J connectivity index is 1.66. The molecule has 3 rings (SSSR count). The average molecular weight is 603 g/mol. The van der Waals surface area contributed by atoms with Crippen molar-refractivity contribution in [1.29, 1.82) is 5.26 Å². The van der Waals surface area contributed by atoms with Crippen LogP contribution >= 0.6 is 38.5 Å². The van der Waals surface area contributed by atoms with E-state index in [1.807, 2.05) is 55.5 Å². The Labute approximate surface area is 209 Å². The number of carbonyl (C=O) groups is 1. The summed E-state index contributed by atoms with van der Waals surface area (Å²) in [5.74, 6) is 0.949. The standard InChI is InChI=1S/C25H20BrIN2O3/c1-2-31-24-22(26)13-18(14-23(24)27)12-19(15-28)25(30)29-20-8-10-21(11-9-20)32-16-17-6-4-3-5-7-17/h3-14H,2,16H2,1H3,(H,29,30)/b19-12+. The number of halogens is 2. The average Bonchev–Trinajstić information content (AvgIpc) is 2.80. The number of hydrogen-bond acceptors (Lipinski definition) is 4. The Morgan fingerprint density at radius 3 is 2.47 bits per heavy atom. The second kappa shape index (κ2) is 11.7. The summed E-state index contributed by atoms with van der Waals surface area (Å²) in [5, 5.41) is 12.2. The number of rotatable bonds is 8. The van der Waals surface area contributed by atoms with E-state index in [2.05, 4.69) is 43.8 Å². The topological polar surface area (TPSA) is 71.3 Å². The van der Waals surface area contributed by atoms with E-state index in [4.69, 9.17) is 9.47 Å². The van der Waals surface area contributed by atoms with Gasteiger partial charge in [0.05, 0.1) is 14.6 Å². The van der Waals surface area contributed by atoms with Crippen LogP contribution in [-0.2, 0) is 11.4 Å². The predicted molar refractivity (Wildman–Crippen MR) is 137 cm³/mol. The molecule has 3 aromatic carbocycles. The van der Waals surface area contributed by atoms with E-state index in [9.17, 15) is 10.1 Å². The molecule has 0 spiro atoms. The molecule has 0 aliphatic heterocycles. The predicted octanol–water partition coefficient (Wildman–Crippen LogP) is 6.58. The first-order chi connectivity index (χ1) is 15.5. The molecule has 0 unspecified atom stereocenters. The number of ether oxygens (including phenoxy) is 2. The van der Waals surface area contributed by atoms with Gasteiger partial charge in [-0.15, -0.1) is 0 Å². The van der Waals surface area contributed by atoms with Crippen LogP contribution in [0.15, 0.2) is 76.8 Å². The number of amides is 1. The quantitative estimate of drug-likeness (QED) is 0.180. The SMILES string of the molecule is CCOc1c(Br)cc(/C=C(\C#N)C(=O)Nc2ccc(OCc3ccccc3)cc2)cc1I. The third-order valence-electron chi connectivity index (χ3n) is 4.35. The van der Waals surface area contributed by atoms with Gasteiger partial charge in [0.25, 0.3) is 5.91 Å². The number of nitriles is 1.